The Morgan fingerprint density at radius 1 is 1.48 bits per heavy atom. The lowest BCUT2D eigenvalue weighted by Gasteiger charge is -2.28. The summed E-state index contributed by atoms with van der Waals surface area (Å²) in [6.07, 6.45) is 0.318. The molecule has 0 aliphatic carbocycles. The van der Waals surface area contributed by atoms with Gasteiger partial charge in [0.25, 0.3) is 5.69 Å². The largest absolute Gasteiger partial charge is 0.480 e. The number of aliphatic carboxylic acids is 1. The summed E-state index contributed by atoms with van der Waals surface area (Å²) in [6.45, 7) is -0.401. The average molecular weight is 314 g/mol. The Morgan fingerprint density at radius 2 is 2.19 bits per heavy atom. The van der Waals surface area contributed by atoms with E-state index >= 15 is 0 Å². The maximum absolute atomic E-state index is 11.6. The van der Waals surface area contributed by atoms with Crippen LogP contribution in [-0.4, -0.2) is 48.5 Å². The summed E-state index contributed by atoms with van der Waals surface area (Å²) < 4.78 is 23.1. The first-order valence-electron chi connectivity index (χ1n) is 6.22. The fraction of sp³-hybridized carbons (Fsp3) is 0.417. The molecule has 0 saturated carbocycles. The predicted molar refractivity (Wildman–Crippen MR) is 75.1 cm³/mol. The molecule has 0 spiro atoms. The van der Waals surface area contributed by atoms with E-state index in [1.165, 1.54) is 23.1 Å². The SMILES string of the molecule is O=C(O)CN(c1cccc([N+](=O)[O-])c1)C1CCS(=O)(=O)C1. The molecule has 114 valence electrons. The molecule has 0 bridgehead atoms. The molecule has 21 heavy (non-hydrogen) atoms. The van der Waals surface area contributed by atoms with E-state index in [2.05, 4.69) is 0 Å². The van der Waals surface area contributed by atoms with Gasteiger partial charge in [0.2, 0.25) is 0 Å². The van der Waals surface area contributed by atoms with Gasteiger partial charge in [-0.2, -0.15) is 0 Å². The Labute approximate surface area is 121 Å². The van der Waals surface area contributed by atoms with Crippen LogP contribution < -0.4 is 4.90 Å². The first kappa shape index (κ1) is 15.2. The van der Waals surface area contributed by atoms with E-state index in [0.29, 0.717) is 12.1 Å². The topological polar surface area (TPSA) is 118 Å². The van der Waals surface area contributed by atoms with Crippen molar-refractivity contribution < 1.29 is 23.2 Å². The zero-order valence-corrected chi connectivity index (χ0v) is 11.8. The van der Waals surface area contributed by atoms with Crippen LogP contribution in [0.15, 0.2) is 24.3 Å². The van der Waals surface area contributed by atoms with Crippen LogP contribution in [0, 0.1) is 10.1 Å². The van der Waals surface area contributed by atoms with Crippen molar-refractivity contribution in [3.8, 4) is 0 Å². The minimum absolute atomic E-state index is 0.00269. The van der Waals surface area contributed by atoms with Crippen molar-refractivity contribution in [2.75, 3.05) is 23.0 Å². The molecule has 1 saturated heterocycles. The lowest BCUT2D eigenvalue weighted by Crippen LogP contribution is -2.40. The number of non-ortho nitro benzene ring substituents is 1. The smallest absolute Gasteiger partial charge is 0.323 e. The fourth-order valence-electron chi connectivity index (χ4n) is 2.38. The number of nitrogens with zero attached hydrogens (tertiary/aromatic N) is 2. The summed E-state index contributed by atoms with van der Waals surface area (Å²) in [5.41, 5.74) is 0.178. The van der Waals surface area contributed by atoms with E-state index in [1.807, 2.05) is 0 Å². The second-order valence-corrected chi connectivity index (χ2v) is 7.08. The number of carbonyl (C=O) groups is 1. The average Bonchev–Trinajstić information content (AvgIpc) is 2.76. The highest BCUT2D eigenvalue weighted by atomic mass is 32.2. The van der Waals surface area contributed by atoms with Crippen molar-refractivity contribution in [2.45, 2.75) is 12.5 Å². The summed E-state index contributed by atoms with van der Waals surface area (Å²) in [5.74, 6) is -1.25. The summed E-state index contributed by atoms with van der Waals surface area (Å²) in [6, 6.07) is 5.07. The van der Waals surface area contributed by atoms with Gasteiger partial charge in [-0.15, -0.1) is 0 Å². The van der Waals surface area contributed by atoms with Crippen molar-refractivity contribution in [1.29, 1.82) is 0 Å². The number of rotatable bonds is 5. The Kier molecular flexibility index (Phi) is 4.12. The first-order chi connectivity index (χ1) is 9.78. The van der Waals surface area contributed by atoms with E-state index in [1.54, 1.807) is 6.07 Å². The minimum atomic E-state index is -3.18. The number of sulfone groups is 1. The molecule has 1 aliphatic heterocycles. The molecule has 8 nitrogen and oxygen atoms in total. The molecule has 0 amide bonds. The van der Waals surface area contributed by atoms with Crippen LogP contribution in [0.5, 0.6) is 0 Å². The molecule has 1 aliphatic rings. The van der Waals surface area contributed by atoms with Gasteiger partial charge in [0, 0.05) is 23.9 Å². The summed E-state index contributed by atoms with van der Waals surface area (Å²) in [5, 5.41) is 19.8. The second kappa shape index (κ2) is 5.68. The summed E-state index contributed by atoms with van der Waals surface area (Å²) in [7, 11) is -3.18. The zero-order valence-electron chi connectivity index (χ0n) is 11.0. The highest BCUT2D eigenvalue weighted by Crippen LogP contribution is 2.27. The first-order valence-corrected chi connectivity index (χ1v) is 8.04. The Bertz CT molecular complexity index is 672. The van der Waals surface area contributed by atoms with E-state index in [-0.39, 0.29) is 17.2 Å². The molecule has 1 heterocycles. The normalized spacial score (nSPS) is 20.1. The van der Waals surface area contributed by atoms with Gasteiger partial charge in [0.15, 0.2) is 9.84 Å². The molecule has 1 N–H and O–H groups in total. The van der Waals surface area contributed by atoms with Gasteiger partial charge in [-0.1, -0.05) is 6.07 Å². The maximum atomic E-state index is 11.6. The Hall–Kier alpha value is -2.16. The molecule has 1 unspecified atom stereocenters. The van der Waals surface area contributed by atoms with Gasteiger partial charge in [0.05, 0.1) is 16.4 Å². The fourth-order valence-corrected chi connectivity index (χ4v) is 4.11. The lowest BCUT2D eigenvalue weighted by atomic mass is 10.1. The maximum Gasteiger partial charge on any atom is 0.323 e. The zero-order chi connectivity index (χ0) is 15.6. The van der Waals surface area contributed by atoms with E-state index in [4.69, 9.17) is 5.11 Å². The number of anilines is 1. The number of benzene rings is 1. The monoisotopic (exact) mass is 314 g/mol. The predicted octanol–water partition coefficient (Wildman–Crippen LogP) is 0.673. The second-order valence-electron chi connectivity index (χ2n) is 4.86. The van der Waals surface area contributed by atoms with Gasteiger partial charge in [-0.25, -0.2) is 8.42 Å². The summed E-state index contributed by atoms with van der Waals surface area (Å²) in [4.78, 5) is 22.6. The molecule has 0 aromatic heterocycles. The van der Waals surface area contributed by atoms with Crippen LogP contribution in [0.3, 0.4) is 0 Å². The van der Waals surface area contributed by atoms with Crippen molar-refractivity contribution in [1.82, 2.24) is 0 Å². The molecular weight excluding hydrogens is 300 g/mol. The summed E-state index contributed by atoms with van der Waals surface area (Å²) >= 11 is 0. The lowest BCUT2D eigenvalue weighted by molar-refractivity contribution is -0.384. The third-order valence-corrected chi connectivity index (χ3v) is 5.08. The molecule has 1 fully saturated rings. The molecule has 9 heteroatoms. The Balaban J connectivity index is 2.34. The molecular formula is C12H14N2O6S. The number of nitro groups is 1. The molecule has 0 radical (unpaired) electrons. The highest BCUT2D eigenvalue weighted by Gasteiger charge is 2.33. The highest BCUT2D eigenvalue weighted by molar-refractivity contribution is 7.91. The number of carboxylic acids is 1. The van der Waals surface area contributed by atoms with Crippen LogP contribution in [0.1, 0.15) is 6.42 Å². The van der Waals surface area contributed by atoms with E-state index in [9.17, 15) is 23.3 Å². The molecule has 2 rings (SSSR count). The third kappa shape index (κ3) is 3.69. The van der Waals surface area contributed by atoms with Gasteiger partial charge in [0.1, 0.15) is 6.54 Å². The number of hydrogen-bond donors (Lipinski definition) is 1. The van der Waals surface area contributed by atoms with Crippen LogP contribution in [0.2, 0.25) is 0 Å². The van der Waals surface area contributed by atoms with Crippen LogP contribution >= 0.6 is 0 Å². The van der Waals surface area contributed by atoms with Crippen LogP contribution in [0.4, 0.5) is 11.4 Å². The van der Waals surface area contributed by atoms with E-state index in [0.717, 1.165) is 0 Å². The van der Waals surface area contributed by atoms with Gasteiger partial charge in [-0.05, 0) is 12.5 Å². The number of hydrogen-bond acceptors (Lipinski definition) is 6. The standard InChI is InChI=1S/C12H14N2O6S/c15-12(16)7-13(11-4-5-21(19,20)8-11)9-2-1-3-10(6-9)14(17)18/h1-3,6,11H,4-5,7-8H2,(H,15,16). The molecule has 1 atom stereocenters. The number of carboxylic acid groups (broad SMARTS) is 1. The van der Waals surface area contributed by atoms with E-state index < -0.39 is 33.3 Å². The third-order valence-electron chi connectivity index (χ3n) is 3.33. The molecule has 1 aromatic rings. The Morgan fingerprint density at radius 3 is 2.71 bits per heavy atom. The number of nitro benzene ring substituents is 1. The van der Waals surface area contributed by atoms with Crippen LogP contribution in [-0.2, 0) is 14.6 Å². The van der Waals surface area contributed by atoms with Crippen molar-refractivity contribution >= 4 is 27.2 Å². The molecule has 1 aromatic carbocycles. The van der Waals surface area contributed by atoms with Gasteiger partial charge >= 0.3 is 5.97 Å². The van der Waals surface area contributed by atoms with Crippen LogP contribution in [0.25, 0.3) is 0 Å². The van der Waals surface area contributed by atoms with Gasteiger partial charge < -0.3 is 10.0 Å². The van der Waals surface area contributed by atoms with Gasteiger partial charge in [-0.3, -0.25) is 14.9 Å². The van der Waals surface area contributed by atoms with Crippen molar-refractivity contribution in [3.05, 3.63) is 34.4 Å². The minimum Gasteiger partial charge on any atom is -0.480 e. The van der Waals surface area contributed by atoms with Crippen molar-refractivity contribution in [3.63, 3.8) is 0 Å². The quantitative estimate of drug-likeness (QED) is 0.627. The van der Waals surface area contributed by atoms with Crippen molar-refractivity contribution in [2.24, 2.45) is 0 Å².